The Balaban J connectivity index is 2.74. The van der Waals surface area contributed by atoms with E-state index >= 15 is 0 Å². The maximum Gasteiger partial charge on any atom is 0.223 e. The molecule has 0 saturated carbocycles. The standard InChI is InChI=1S/C16H26N2O/c1-3-4-13-18(16(19)11-8-12-17)14(2)15-9-6-5-7-10-15/h5-7,9-10,14H,3-4,8,11-13,17H2,1-2H3. The van der Waals surface area contributed by atoms with E-state index in [0.717, 1.165) is 25.8 Å². The molecule has 1 rings (SSSR count). The van der Waals surface area contributed by atoms with Crippen LogP contribution in [0.5, 0.6) is 0 Å². The highest BCUT2D eigenvalue weighted by Crippen LogP contribution is 2.21. The Labute approximate surface area is 116 Å². The molecule has 0 fully saturated rings. The van der Waals surface area contributed by atoms with E-state index in [1.807, 2.05) is 23.1 Å². The fraction of sp³-hybridized carbons (Fsp3) is 0.562. The van der Waals surface area contributed by atoms with Crippen LogP contribution in [0.3, 0.4) is 0 Å². The lowest BCUT2D eigenvalue weighted by molar-refractivity contribution is -0.133. The molecule has 1 unspecified atom stereocenters. The zero-order valence-electron chi connectivity index (χ0n) is 12.1. The number of carbonyl (C=O) groups is 1. The molecule has 3 nitrogen and oxygen atoms in total. The average molecular weight is 262 g/mol. The third-order valence-electron chi connectivity index (χ3n) is 3.42. The van der Waals surface area contributed by atoms with Crippen molar-refractivity contribution in [3.05, 3.63) is 35.9 Å². The molecule has 106 valence electrons. The number of amides is 1. The van der Waals surface area contributed by atoms with Gasteiger partial charge >= 0.3 is 0 Å². The van der Waals surface area contributed by atoms with Gasteiger partial charge in [-0.25, -0.2) is 0 Å². The highest BCUT2D eigenvalue weighted by molar-refractivity contribution is 5.76. The highest BCUT2D eigenvalue weighted by atomic mass is 16.2. The van der Waals surface area contributed by atoms with Gasteiger partial charge in [-0.15, -0.1) is 0 Å². The van der Waals surface area contributed by atoms with Gasteiger partial charge in [0, 0.05) is 13.0 Å². The van der Waals surface area contributed by atoms with Crippen molar-refractivity contribution in [3.63, 3.8) is 0 Å². The summed E-state index contributed by atoms with van der Waals surface area (Å²) in [6.45, 7) is 5.66. The zero-order valence-corrected chi connectivity index (χ0v) is 12.1. The normalized spacial score (nSPS) is 12.2. The summed E-state index contributed by atoms with van der Waals surface area (Å²) in [7, 11) is 0. The minimum atomic E-state index is 0.137. The molecule has 1 aromatic rings. The van der Waals surface area contributed by atoms with E-state index in [1.54, 1.807) is 0 Å². The van der Waals surface area contributed by atoms with E-state index in [-0.39, 0.29) is 11.9 Å². The number of unbranched alkanes of at least 4 members (excludes halogenated alkanes) is 1. The number of hydrogen-bond acceptors (Lipinski definition) is 2. The fourth-order valence-corrected chi connectivity index (χ4v) is 2.17. The van der Waals surface area contributed by atoms with Crippen LogP contribution in [0, 0.1) is 0 Å². The Bertz CT molecular complexity index is 364. The molecule has 0 aliphatic carbocycles. The Morgan fingerprint density at radius 3 is 2.53 bits per heavy atom. The Morgan fingerprint density at radius 1 is 1.26 bits per heavy atom. The second-order valence-corrected chi connectivity index (χ2v) is 4.92. The topological polar surface area (TPSA) is 46.3 Å². The summed E-state index contributed by atoms with van der Waals surface area (Å²) in [4.78, 5) is 14.3. The lowest BCUT2D eigenvalue weighted by Crippen LogP contribution is -2.34. The van der Waals surface area contributed by atoms with Crippen LogP contribution in [0.1, 0.15) is 51.1 Å². The number of carbonyl (C=O) groups excluding carboxylic acids is 1. The third kappa shape index (κ3) is 5.03. The van der Waals surface area contributed by atoms with Crippen molar-refractivity contribution < 1.29 is 4.79 Å². The maximum atomic E-state index is 12.3. The monoisotopic (exact) mass is 262 g/mol. The maximum absolute atomic E-state index is 12.3. The first-order chi connectivity index (χ1) is 9.20. The lowest BCUT2D eigenvalue weighted by atomic mass is 10.1. The van der Waals surface area contributed by atoms with Gasteiger partial charge < -0.3 is 10.6 Å². The quantitative estimate of drug-likeness (QED) is 0.782. The molecule has 1 amide bonds. The van der Waals surface area contributed by atoms with Crippen LogP contribution in [0.4, 0.5) is 0 Å². The van der Waals surface area contributed by atoms with Crippen molar-refractivity contribution >= 4 is 5.91 Å². The average Bonchev–Trinajstić information content (AvgIpc) is 2.46. The lowest BCUT2D eigenvalue weighted by Gasteiger charge is -2.30. The van der Waals surface area contributed by atoms with Crippen molar-refractivity contribution in [1.29, 1.82) is 0 Å². The molecule has 0 aromatic heterocycles. The third-order valence-corrected chi connectivity index (χ3v) is 3.42. The van der Waals surface area contributed by atoms with Crippen molar-refractivity contribution in [2.45, 2.75) is 45.6 Å². The molecule has 1 aromatic carbocycles. The van der Waals surface area contributed by atoms with Crippen molar-refractivity contribution in [1.82, 2.24) is 4.90 Å². The number of hydrogen-bond donors (Lipinski definition) is 1. The van der Waals surface area contributed by atoms with Gasteiger partial charge in [0.2, 0.25) is 5.91 Å². The molecular formula is C16H26N2O. The van der Waals surface area contributed by atoms with Crippen molar-refractivity contribution in [2.75, 3.05) is 13.1 Å². The Kier molecular flexibility index (Phi) is 7.19. The van der Waals surface area contributed by atoms with E-state index in [4.69, 9.17) is 5.73 Å². The molecule has 0 spiro atoms. The molecule has 2 N–H and O–H groups in total. The minimum absolute atomic E-state index is 0.137. The molecule has 0 heterocycles. The van der Waals surface area contributed by atoms with Crippen LogP contribution < -0.4 is 5.73 Å². The molecule has 0 saturated heterocycles. The van der Waals surface area contributed by atoms with E-state index < -0.39 is 0 Å². The van der Waals surface area contributed by atoms with Gasteiger partial charge in [0.05, 0.1) is 6.04 Å². The van der Waals surface area contributed by atoms with Gasteiger partial charge in [-0.2, -0.15) is 0 Å². The predicted molar refractivity (Wildman–Crippen MR) is 79.8 cm³/mol. The van der Waals surface area contributed by atoms with Crippen LogP contribution in [0.15, 0.2) is 30.3 Å². The van der Waals surface area contributed by atoms with Gasteiger partial charge in [0.15, 0.2) is 0 Å². The fourth-order valence-electron chi connectivity index (χ4n) is 2.17. The molecule has 1 atom stereocenters. The van der Waals surface area contributed by atoms with Gasteiger partial charge in [-0.3, -0.25) is 4.79 Å². The first kappa shape index (κ1) is 15.7. The van der Waals surface area contributed by atoms with E-state index in [9.17, 15) is 4.79 Å². The molecule has 0 bridgehead atoms. The van der Waals surface area contributed by atoms with Gasteiger partial charge in [-0.1, -0.05) is 43.7 Å². The summed E-state index contributed by atoms with van der Waals surface area (Å²) in [5.74, 6) is 0.218. The van der Waals surface area contributed by atoms with E-state index in [0.29, 0.717) is 13.0 Å². The van der Waals surface area contributed by atoms with Crippen LogP contribution in [0.2, 0.25) is 0 Å². The van der Waals surface area contributed by atoms with Crippen LogP contribution in [0.25, 0.3) is 0 Å². The summed E-state index contributed by atoms with van der Waals surface area (Å²) < 4.78 is 0. The molecular weight excluding hydrogens is 236 g/mol. The van der Waals surface area contributed by atoms with Gasteiger partial charge in [0.1, 0.15) is 0 Å². The molecule has 0 radical (unpaired) electrons. The summed E-state index contributed by atoms with van der Waals surface area (Å²) in [5.41, 5.74) is 6.69. The van der Waals surface area contributed by atoms with Crippen molar-refractivity contribution in [3.8, 4) is 0 Å². The summed E-state index contributed by atoms with van der Waals surface area (Å²) in [6.07, 6.45) is 3.47. The summed E-state index contributed by atoms with van der Waals surface area (Å²) in [6, 6.07) is 10.4. The van der Waals surface area contributed by atoms with Crippen molar-refractivity contribution in [2.24, 2.45) is 5.73 Å². The van der Waals surface area contributed by atoms with Crippen LogP contribution >= 0.6 is 0 Å². The van der Waals surface area contributed by atoms with E-state index in [1.165, 1.54) is 5.56 Å². The minimum Gasteiger partial charge on any atom is -0.336 e. The summed E-state index contributed by atoms with van der Waals surface area (Å²) in [5, 5.41) is 0. The van der Waals surface area contributed by atoms with Gasteiger partial charge in [-0.05, 0) is 31.9 Å². The first-order valence-corrected chi connectivity index (χ1v) is 7.25. The van der Waals surface area contributed by atoms with Crippen LogP contribution in [-0.2, 0) is 4.79 Å². The second kappa shape index (κ2) is 8.70. The second-order valence-electron chi connectivity index (χ2n) is 4.92. The SMILES string of the molecule is CCCCN(C(=O)CCCN)C(C)c1ccccc1. The molecule has 19 heavy (non-hydrogen) atoms. The first-order valence-electron chi connectivity index (χ1n) is 7.25. The number of benzene rings is 1. The van der Waals surface area contributed by atoms with E-state index in [2.05, 4.69) is 26.0 Å². The molecule has 0 aliphatic heterocycles. The highest BCUT2D eigenvalue weighted by Gasteiger charge is 2.20. The smallest absolute Gasteiger partial charge is 0.223 e. The molecule has 0 aliphatic rings. The largest absolute Gasteiger partial charge is 0.336 e. The number of nitrogens with zero attached hydrogens (tertiary/aromatic N) is 1. The summed E-state index contributed by atoms with van der Waals surface area (Å²) >= 11 is 0. The van der Waals surface area contributed by atoms with Crippen LogP contribution in [-0.4, -0.2) is 23.9 Å². The zero-order chi connectivity index (χ0) is 14.1. The predicted octanol–water partition coefficient (Wildman–Crippen LogP) is 3.12. The Hall–Kier alpha value is -1.35. The Morgan fingerprint density at radius 2 is 1.95 bits per heavy atom. The van der Waals surface area contributed by atoms with Gasteiger partial charge in [0.25, 0.3) is 0 Å². The number of nitrogens with two attached hydrogens (primary N) is 1. The number of rotatable bonds is 8. The molecule has 3 heteroatoms.